The lowest BCUT2D eigenvalue weighted by molar-refractivity contribution is -0.136. The Morgan fingerprint density at radius 1 is 1.35 bits per heavy atom. The number of halogens is 1. The fraction of sp³-hybridized carbons (Fsp3) is 0.412. The third-order valence-corrected chi connectivity index (χ3v) is 2.71. The van der Waals surface area contributed by atoms with Gasteiger partial charge >= 0.3 is 12.1 Å². The Morgan fingerprint density at radius 2 is 2.04 bits per heavy atom. The Kier molecular flexibility index (Phi) is 6.75. The van der Waals surface area contributed by atoms with Crippen molar-refractivity contribution in [1.82, 2.24) is 5.32 Å². The van der Waals surface area contributed by atoms with Crippen molar-refractivity contribution in [2.24, 2.45) is 0 Å². The summed E-state index contributed by atoms with van der Waals surface area (Å²) in [5.74, 6) is -1.61. The van der Waals surface area contributed by atoms with Crippen molar-refractivity contribution in [3.8, 4) is 0 Å². The van der Waals surface area contributed by atoms with Gasteiger partial charge in [0, 0.05) is 6.54 Å². The van der Waals surface area contributed by atoms with Crippen LogP contribution in [-0.4, -0.2) is 29.3 Å². The largest absolute Gasteiger partial charge is 0.481 e. The van der Waals surface area contributed by atoms with E-state index in [0.717, 1.165) is 0 Å². The number of alkyl carbamates (subject to hydrolysis) is 1. The minimum Gasteiger partial charge on any atom is -0.481 e. The minimum atomic E-state index is -1.07. The molecule has 23 heavy (non-hydrogen) atoms. The van der Waals surface area contributed by atoms with Gasteiger partial charge in [0.25, 0.3) is 0 Å². The van der Waals surface area contributed by atoms with Crippen LogP contribution in [-0.2, 0) is 16.0 Å². The number of carboxylic acids is 1. The molecule has 0 aliphatic rings. The zero-order valence-electron chi connectivity index (χ0n) is 13.6. The second kappa shape index (κ2) is 8.31. The first-order chi connectivity index (χ1) is 10.7. The van der Waals surface area contributed by atoms with Crippen LogP contribution in [0.5, 0.6) is 0 Å². The predicted molar refractivity (Wildman–Crippen MR) is 85.6 cm³/mol. The normalized spacial score (nSPS) is 11.5. The molecule has 1 aromatic carbocycles. The third kappa shape index (κ3) is 7.99. The monoisotopic (exact) mass is 323 g/mol. The van der Waals surface area contributed by atoms with Crippen molar-refractivity contribution in [3.05, 3.63) is 41.2 Å². The van der Waals surface area contributed by atoms with E-state index in [1.165, 1.54) is 12.1 Å². The number of hydrogen-bond donors (Lipinski definition) is 2. The molecule has 1 aromatic rings. The Hall–Kier alpha value is -2.37. The van der Waals surface area contributed by atoms with E-state index in [2.05, 4.69) is 5.32 Å². The number of amides is 1. The molecule has 0 saturated heterocycles. The highest BCUT2D eigenvalue weighted by Crippen LogP contribution is 2.13. The second-order valence-corrected chi connectivity index (χ2v) is 6.04. The highest BCUT2D eigenvalue weighted by Gasteiger charge is 2.15. The van der Waals surface area contributed by atoms with Crippen molar-refractivity contribution < 1.29 is 23.8 Å². The molecule has 0 bridgehead atoms. The van der Waals surface area contributed by atoms with E-state index in [9.17, 15) is 14.0 Å². The summed E-state index contributed by atoms with van der Waals surface area (Å²) >= 11 is 0. The molecule has 0 fully saturated rings. The van der Waals surface area contributed by atoms with Crippen molar-refractivity contribution in [2.45, 2.75) is 39.2 Å². The lowest BCUT2D eigenvalue weighted by Crippen LogP contribution is -2.32. The van der Waals surface area contributed by atoms with Crippen LogP contribution in [0.25, 0.3) is 6.08 Å². The Bertz CT molecular complexity index is 591. The SMILES string of the molecule is CC(C)(C)OC(=O)NCCC=Cc1ccc(CC(=O)O)c(F)c1. The molecule has 126 valence electrons. The van der Waals surface area contributed by atoms with Gasteiger partial charge in [-0.1, -0.05) is 24.3 Å². The summed E-state index contributed by atoms with van der Waals surface area (Å²) < 4.78 is 18.8. The number of carbonyl (C=O) groups is 2. The van der Waals surface area contributed by atoms with E-state index < -0.39 is 23.5 Å². The quantitative estimate of drug-likeness (QED) is 0.787. The first-order valence-electron chi connectivity index (χ1n) is 7.31. The molecule has 5 nitrogen and oxygen atoms in total. The maximum atomic E-state index is 13.7. The molecule has 1 rings (SSSR count). The van der Waals surface area contributed by atoms with Crippen LogP contribution in [0.15, 0.2) is 24.3 Å². The van der Waals surface area contributed by atoms with Gasteiger partial charge in [-0.2, -0.15) is 0 Å². The van der Waals surface area contributed by atoms with Crippen LogP contribution in [0, 0.1) is 5.82 Å². The number of aliphatic carboxylic acids is 1. The molecule has 0 atom stereocenters. The van der Waals surface area contributed by atoms with E-state index in [1.807, 2.05) is 0 Å². The van der Waals surface area contributed by atoms with Gasteiger partial charge in [0.15, 0.2) is 0 Å². The van der Waals surface area contributed by atoms with Crippen molar-refractivity contribution in [1.29, 1.82) is 0 Å². The fourth-order valence-corrected chi connectivity index (χ4v) is 1.76. The first-order valence-corrected chi connectivity index (χ1v) is 7.31. The Labute approximate surface area is 135 Å². The molecule has 0 unspecified atom stereocenters. The van der Waals surface area contributed by atoms with Crippen LogP contribution in [0.4, 0.5) is 9.18 Å². The molecule has 1 amide bonds. The molecule has 0 aliphatic heterocycles. The van der Waals surface area contributed by atoms with Crippen molar-refractivity contribution in [2.75, 3.05) is 6.54 Å². The average Bonchev–Trinajstić information content (AvgIpc) is 2.39. The summed E-state index contributed by atoms with van der Waals surface area (Å²) in [6, 6.07) is 4.40. The number of carbonyl (C=O) groups excluding carboxylic acids is 1. The lowest BCUT2D eigenvalue weighted by Gasteiger charge is -2.19. The molecular weight excluding hydrogens is 301 g/mol. The Balaban J connectivity index is 2.42. The summed E-state index contributed by atoms with van der Waals surface area (Å²) in [6.45, 7) is 5.77. The Morgan fingerprint density at radius 3 is 2.61 bits per heavy atom. The van der Waals surface area contributed by atoms with Gasteiger partial charge in [0.1, 0.15) is 11.4 Å². The topological polar surface area (TPSA) is 75.6 Å². The summed E-state index contributed by atoms with van der Waals surface area (Å²) in [5, 5.41) is 11.3. The van der Waals surface area contributed by atoms with Crippen LogP contribution < -0.4 is 5.32 Å². The van der Waals surface area contributed by atoms with Gasteiger partial charge in [0.2, 0.25) is 0 Å². The first kappa shape index (κ1) is 18.7. The molecule has 0 radical (unpaired) electrons. The predicted octanol–water partition coefficient (Wildman–Crippen LogP) is 3.38. The van der Waals surface area contributed by atoms with E-state index in [-0.39, 0.29) is 12.0 Å². The van der Waals surface area contributed by atoms with Gasteiger partial charge in [0.05, 0.1) is 6.42 Å². The third-order valence-electron chi connectivity index (χ3n) is 2.71. The lowest BCUT2D eigenvalue weighted by atomic mass is 10.1. The number of ether oxygens (including phenoxy) is 1. The minimum absolute atomic E-state index is 0.154. The summed E-state index contributed by atoms with van der Waals surface area (Å²) in [5.41, 5.74) is 0.255. The van der Waals surface area contributed by atoms with Gasteiger partial charge < -0.3 is 15.2 Å². The fourth-order valence-electron chi connectivity index (χ4n) is 1.76. The molecule has 6 heteroatoms. The standard InChI is InChI=1S/C17H22FNO4/c1-17(2,3)23-16(22)19-9-5-4-6-12-7-8-13(11-15(20)21)14(18)10-12/h4,6-8,10H,5,9,11H2,1-3H3,(H,19,22)(H,20,21). The number of hydrogen-bond acceptors (Lipinski definition) is 3. The van der Waals surface area contributed by atoms with Gasteiger partial charge in [-0.25, -0.2) is 9.18 Å². The van der Waals surface area contributed by atoms with Gasteiger partial charge in [-0.05, 0) is 44.4 Å². The number of nitrogens with one attached hydrogen (secondary N) is 1. The van der Waals surface area contributed by atoms with Crippen molar-refractivity contribution in [3.63, 3.8) is 0 Å². The second-order valence-electron chi connectivity index (χ2n) is 6.04. The van der Waals surface area contributed by atoms with E-state index in [4.69, 9.17) is 9.84 Å². The highest BCUT2D eigenvalue weighted by molar-refractivity contribution is 5.70. The maximum absolute atomic E-state index is 13.7. The zero-order valence-corrected chi connectivity index (χ0v) is 13.6. The van der Waals surface area contributed by atoms with Crippen LogP contribution >= 0.6 is 0 Å². The van der Waals surface area contributed by atoms with Crippen LogP contribution in [0.1, 0.15) is 38.3 Å². The zero-order chi connectivity index (χ0) is 17.5. The highest BCUT2D eigenvalue weighted by atomic mass is 19.1. The maximum Gasteiger partial charge on any atom is 0.407 e. The van der Waals surface area contributed by atoms with E-state index in [0.29, 0.717) is 18.5 Å². The molecule has 0 spiro atoms. The molecular formula is C17H22FNO4. The van der Waals surface area contributed by atoms with Crippen LogP contribution in [0.2, 0.25) is 0 Å². The summed E-state index contributed by atoms with van der Waals surface area (Å²) in [6.07, 6.45) is 3.26. The average molecular weight is 323 g/mol. The molecule has 2 N–H and O–H groups in total. The van der Waals surface area contributed by atoms with Gasteiger partial charge in [-0.3, -0.25) is 4.79 Å². The number of rotatable bonds is 6. The smallest absolute Gasteiger partial charge is 0.407 e. The number of carboxylic acid groups (broad SMARTS) is 1. The molecule has 0 aromatic heterocycles. The molecule has 0 heterocycles. The summed E-state index contributed by atoms with van der Waals surface area (Å²) in [7, 11) is 0. The number of benzene rings is 1. The van der Waals surface area contributed by atoms with Crippen molar-refractivity contribution >= 4 is 18.1 Å². The van der Waals surface area contributed by atoms with Gasteiger partial charge in [-0.15, -0.1) is 0 Å². The van der Waals surface area contributed by atoms with E-state index >= 15 is 0 Å². The van der Waals surface area contributed by atoms with Crippen LogP contribution in [0.3, 0.4) is 0 Å². The molecule has 0 saturated carbocycles. The summed E-state index contributed by atoms with van der Waals surface area (Å²) in [4.78, 5) is 22.0. The molecule has 0 aliphatic carbocycles. The van der Waals surface area contributed by atoms with E-state index in [1.54, 1.807) is 39.0 Å².